The van der Waals surface area contributed by atoms with Gasteiger partial charge in [0, 0.05) is 23.2 Å². The van der Waals surface area contributed by atoms with Crippen LogP contribution in [0.2, 0.25) is 5.02 Å². The summed E-state index contributed by atoms with van der Waals surface area (Å²) in [5, 5.41) is 3.53. The van der Waals surface area contributed by atoms with Gasteiger partial charge in [-0.25, -0.2) is 0 Å². The van der Waals surface area contributed by atoms with Gasteiger partial charge in [-0.05, 0) is 49.9 Å². The summed E-state index contributed by atoms with van der Waals surface area (Å²) < 4.78 is 10.5. The molecule has 140 valence electrons. The second-order valence-corrected chi connectivity index (χ2v) is 6.53. The van der Waals surface area contributed by atoms with Crippen molar-refractivity contribution in [3.05, 3.63) is 58.6 Å². The summed E-state index contributed by atoms with van der Waals surface area (Å²) in [6.45, 7) is 2.72. The van der Waals surface area contributed by atoms with Gasteiger partial charge in [-0.3, -0.25) is 9.69 Å². The molecule has 0 aliphatic rings. The first-order chi connectivity index (χ1) is 12.4. The van der Waals surface area contributed by atoms with Crippen LogP contribution in [-0.2, 0) is 11.3 Å². The number of hydrogen-bond donors (Lipinski definition) is 1. The van der Waals surface area contributed by atoms with Gasteiger partial charge in [-0.1, -0.05) is 23.7 Å². The lowest BCUT2D eigenvalue weighted by atomic mass is 10.1. The molecule has 0 heterocycles. The second-order valence-electron chi connectivity index (χ2n) is 6.10. The molecular formula is C20H25ClN2O3. The molecule has 1 unspecified atom stereocenters. The smallest absolute Gasteiger partial charge is 0.234 e. The van der Waals surface area contributed by atoms with Crippen LogP contribution in [0.15, 0.2) is 42.5 Å². The number of nitrogens with zero attached hydrogens (tertiary/aromatic N) is 1. The lowest BCUT2D eigenvalue weighted by molar-refractivity contribution is -0.122. The van der Waals surface area contributed by atoms with Crippen LogP contribution in [0.4, 0.5) is 0 Å². The van der Waals surface area contributed by atoms with E-state index in [0.717, 1.165) is 16.9 Å². The Labute approximate surface area is 159 Å². The number of ether oxygens (including phenoxy) is 2. The molecule has 0 saturated heterocycles. The van der Waals surface area contributed by atoms with E-state index >= 15 is 0 Å². The zero-order valence-corrected chi connectivity index (χ0v) is 16.3. The maximum absolute atomic E-state index is 12.3. The average molecular weight is 377 g/mol. The topological polar surface area (TPSA) is 50.8 Å². The zero-order chi connectivity index (χ0) is 19.1. The van der Waals surface area contributed by atoms with Crippen LogP contribution < -0.4 is 14.8 Å². The van der Waals surface area contributed by atoms with E-state index in [0.29, 0.717) is 17.3 Å². The Balaban J connectivity index is 1.91. The van der Waals surface area contributed by atoms with E-state index in [1.54, 1.807) is 32.4 Å². The zero-order valence-electron chi connectivity index (χ0n) is 15.6. The van der Waals surface area contributed by atoms with Crippen molar-refractivity contribution in [3.63, 3.8) is 0 Å². The molecule has 0 saturated carbocycles. The van der Waals surface area contributed by atoms with E-state index in [2.05, 4.69) is 12.2 Å². The third-order valence-electron chi connectivity index (χ3n) is 4.37. The van der Waals surface area contributed by atoms with Crippen molar-refractivity contribution in [2.75, 3.05) is 27.8 Å². The molecule has 0 aliphatic heterocycles. The Morgan fingerprint density at radius 1 is 1.15 bits per heavy atom. The number of hydrogen-bond acceptors (Lipinski definition) is 4. The van der Waals surface area contributed by atoms with Crippen LogP contribution in [0.1, 0.15) is 24.1 Å². The van der Waals surface area contributed by atoms with E-state index < -0.39 is 0 Å². The van der Waals surface area contributed by atoms with Crippen molar-refractivity contribution < 1.29 is 14.3 Å². The number of methoxy groups -OCH3 is 2. The van der Waals surface area contributed by atoms with Crippen molar-refractivity contribution >= 4 is 17.5 Å². The van der Waals surface area contributed by atoms with Gasteiger partial charge in [-0.15, -0.1) is 0 Å². The van der Waals surface area contributed by atoms with Gasteiger partial charge in [0.15, 0.2) is 0 Å². The van der Waals surface area contributed by atoms with Crippen molar-refractivity contribution in [2.24, 2.45) is 0 Å². The predicted molar refractivity (Wildman–Crippen MR) is 104 cm³/mol. The first-order valence-corrected chi connectivity index (χ1v) is 8.75. The molecule has 1 atom stereocenters. The largest absolute Gasteiger partial charge is 0.497 e. The average Bonchev–Trinajstić information content (AvgIpc) is 2.66. The molecule has 5 nitrogen and oxygen atoms in total. The number of rotatable bonds is 8. The standard InChI is InChI=1S/C20H25ClN2O3/c1-14(15-5-8-18(25-3)9-6-15)23(2)13-20(24)22-12-16-11-17(21)7-10-19(16)26-4/h5-11,14H,12-13H2,1-4H3,(H,22,24). The number of benzene rings is 2. The van der Waals surface area contributed by atoms with E-state index in [1.807, 2.05) is 36.2 Å². The van der Waals surface area contributed by atoms with Gasteiger partial charge in [0.25, 0.3) is 0 Å². The van der Waals surface area contributed by atoms with Crippen LogP contribution in [0, 0.1) is 0 Å². The van der Waals surface area contributed by atoms with E-state index in [9.17, 15) is 4.79 Å². The third kappa shape index (κ3) is 5.38. The van der Waals surface area contributed by atoms with Gasteiger partial charge in [0.1, 0.15) is 11.5 Å². The summed E-state index contributed by atoms with van der Waals surface area (Å²) in [5.74, 6) is 1.46. The van der Waals surface area contributed by atoms with Crippen molar-refractivity contribution in [3.8, 4) is 11.5 Å². The van der Waals surface area contributed by atoms with Crippen molar-refractivity contribution in [2.45, 2.75) is 19.5 Å². The fourth-order valence-corrected chi connectivity index (χ4v) is 2.83. The number of likely N-dealkylation sites (N-methyl/N-ethyl adjacent to an activating group) is 1. The summed E-state index contributed by atoms with van der Waals surface area (Å²) in [5.41, 5.74) is 1.97. The Bertz CT molecular complexity index is 734. The molecule has 0 spiro atoms. The molecule has 2 rings (SSSR count). The van der Waals surface area contributed by atoms with Gasteiger partial charge >= 0.3 is 0 Å². The monoisotopic (exact) mass is 376 g/mol. The molecule has 0 aromatic heterocycles. The van der Waals surface area contributed by atoms with Crippen LogP contribution in [0.25, 0.3) is 0 Å². The lowest BCUT2D eigenvalue weighted by Gasteiger charge is -2.24. The Hall–Kier alpha value is -2.24. The fraction of sp³-hybridized carbons (Fsp3) is 0.350. The first-order valence-electron chi connectivity index (χ1n) is 8.38. The normalized spacial score (nSPS) is 11.9. The minimum absolute atomic E-state index is 0.0603. The van der Waals surface area contributed by atoms with Crippen molar-refractivity contribution in [1.82, 2.24) is 10.2 Å². The molecule has 2 aromatic carbocycles. The highest BCUT2D eigenvalue weighted by atomic mass is 35.5. The molecular weight excluding hydrogens is 352 g/mol. The molecule has 0 fully saturated rings. The van der Waals surface area contributed by atoms with Gasteiger partial charge in [0.2, 0.25) is 5.91 Å². The summed E-state index contributed by atoms with van der Waals surface area (Å²) in [6.07, 6.45) is 0. The van der Waals surface area contributed by atoms with Crippen LogP contribution in [-0.4, -0.2) is 38.6 Å². The number of carbonyl (C=O) groups is 1. The van der Waals surface area contributed by atoms with Crippen LogP contribution in [0.5, 0.6) is 11.5 Å². The lowest BCUT2D eigenvalue weighted by Crippen LogP contribution is -2.36. The molecule has 0 aliphatic carbocycles. The Morgan fingerprint density at radius 2 is 1.85 bits per heavy atom. The van der Waals surface area contributed by atoms with Gasteiger partial charge < -0.3 is 14.8 Å². The minimum Gasteiger partial charge on any atom is -0.497 e. The number of amides is 1. The molecule has 26 heavy (non-hydrogen) atoms. The maximum Gasteiger partial charge on any atom is 0.234 e. The first kappa shape index (κ1) is 20.1. The Morgan fingerprint density at radius 3 is 2.46 bits per heavy atom. The summed E-state index contributed by atoms with van der Waals surface area (Å²) in [7, 11) is 5.16. The molecule has 1 amide bonds. The molecule has 6 heteroatoms. The fourth-order valence-electron chi connectivity index (χ4n) is 2.64. The van der Waals surface area contributed by atoms with Gasteiger partial charge in [-0.2, -0.15) is 0 Å². The van der Waals surface area contributed by atoms with Crippen LogP contribution in [0.3, 0.4) is 0 Å². The molecule has 0 bridgehead atoms. The second kappa shape index (κ2) is 9.46. The van der Waals surface area contributed by atoms with E-state index in [1.165, 1.54) is 0 Å². The third-order valence-corrected chi connectivity index (χ3v) is 4.61. The minimum atomic E-state index is -0.0603. The van der Waals surface area contributed by atoms with Gasteiger partial charge in [0.05, 0.1) is 20.8 Å². The number of carbonyl (C=O) groups excluding carboxylic acids is 1. The highest BCUT2D eigenvalue weighted by Gasteiger charge is 2.15. The molecule has 1 N–H and O–H groups in total. The highest BCUT2D eigenvalue weighted by Crippen LogP contribution is 2.23. The van der Waals surface area contributed by atoms with E-state index in [4.69, 9.17) is 21.1 Å². The summed E-state index contributed by atoms with van der Waals surface area (Å²) in [4.78, 5) is 14.3. The van der Waals surface area contributed by atoms with Crippen LogP contribution >= 0.6 is 11.6 Å². The molecule has 0 radical (unpaired) electrons. The summed E-state index contributed by atoms with van der Waals surface area (Å²) >= 11 is 6.02. The number of halogens is 1. The number of nitrogens with one attached hydrogen (secondary N) is 1. The highest BCUT2D eigenvalue weighted by molar-refractivity contribution is 6.30. The summed E-state index contributed by atoms with van der Waals surface area (Å²) in [6, 6.07) is 13.3. The molecule has 2 aromatic rings. The predicted octanol–water partition coefficient (Wildman–Crippen LogP) is 3.67. The van der Waals surface area contributed by atoms with E-state index in [-0.39, 0.29) is 18.5 Å². The Kier molecular flexibility index (Phi) is 7.30. The quantitative estimate of drug-likeness (QED) is 0.763. The maximum atomic E-state index is 12.3. The SMILES string of the molecule is COc1ccc(C(C)N(C)CC(=O)NCc2cc(Cl)ccc2OC)cc1. The van der Waals surface area contributed by atoms with Crippen molar-refractivity contribution in [1.29, 1.82) is 0 Å².